The first-order chi connectivity index (χ1) is 13.2. The van der Waals surface area contributed by atoms with E-state index in [4.69, 9.17) is 0 Å². The number of piperazine rings is 1. The highest BCUT2D eigenvalue weighted by Gasteiger charge is 2.31. The maximum atomic E-state index is 12.6. The summed E-state index contributed by atoms with van der Waals surface area (Å²) in [6.45, 7) is 1.72. The molecule has 1 aliphatic rings. The number of aromatic nitrogens is 3. The maximum absolute atomic E-state index is 12.6. The van der Waals surface area contributed by atoms with Crippen LogP contribution in [0.1, 0.15) is 12.0 Å². The lowest BCUT2D eigenvalue weighted by molar-refractivity contribution is -0.138. The molecule has 0 unspecified atom stereocenters. The standard InChI is InChI=1S/C17H18F3N5O3/c18-17(19,20)12-1-2-13(21-11-12)23-7-9-24(10-8-23)15(27)5-6-25-16(28)4-3-14(26)22-25/h1-4,11H,5-10H2,(H,22,26). The Morgan fingerprint density at radius 3 is 2.39 bits per heavy atom. The first-order valence-electron chi connectivity index (χ1n) is 8.60. The summed E-state index contributed by atoms with van der Waals surface area (Å²) in [5.74, 6) is 0.255. The van der Waals surface area contributed by atoms with Gasteiger partial charge in [0.05, 0.1) is 12.1 Å². The largest absolute Gasteiger partial charge is 0.417 e. The molecule has 3 heterocycles. The van der Waals surface area contributed by atoms with Gasteiger partial charge < -0.3 is 9.80 Å². The fraction of sp³-hybridized carbons (Fsp3) is 0.412. The average molecular weight is 397 g/mol. The number of pyridine rings is 1. The highest BCUT2D eigenvalue weighted by atomic mass is 19.4. The molecule has 0 saturated carbocycles. The van der Waals surface area contributed by atoms with Crippen LogP contribution in [0.3, 0.4) is 0 Å². The molecule has 0 radical (unpaired) electrons. The summed E-state index contributed by atoms with van der Waals surface area (Å²) < 4.78 is 38.9. The van der Waals surface area contributed by atoms with Crippen LogP contribution >= 0.6 is 0 Å². The van der Waals surface area contributed by atoms with Crippen molar-refractivity contribution in [2.24, 2.45) is 0 Å². The number of nitrogens with one attached hydrogen (secondary N) is 1. The number of amides is 1. The van der Waals surface area contributed by atoms with Crippen LogP contribution < -0.4 is 16.0 Å². The number of H-pyrrole nitrogens is 1. The molecule has 11 heteroatoms. The second-order valence-electron chi connectivity index (χ2n) is 6.32. The number of nitrogens with zero attached hydrogens (tertiary/aromatic N) is 4. The molecule has 8 nitrogen and oxygen atoms in total. The second kappa shape index (κ2) is 7.87. The molecule has 28 heavy (non-hydrogen) atoms. The lowest BCUT2D eigenvalue weighted by Crippen LogP contribution is -2.49. The molecule has 0 bridgehead atoms. The van der Waals surface area contributed by atoms with Crippen molar-refractivity contribution in [3.8, 4) is 0 Å². The maximum Gasteiger partial charge on any atom is 0.417 e. The third-order valence-electron chi connectivity index (χ3n) is 4.47. The zero-order valence-electron chi connectivity index (χ0n) is 14.8. The quantitative estimate of drug-likeness (QED) is 0.820. The molecule has 0 spiro atoms. The molecule has 1 saturated heterocycles. The molecule has 0 aliphatic carbocycles. The zero-order valence-corrected chi connectivity index (χ0v) is 14.8. The summed E-state index contributed by atoms with van der Waals surface area (Å²) in [6.07, 6.45) is -3.58. The van der Waals surface area contributed by atoms with E-state index in [0.717, 1.165) is 29.1 Å². The van der Waals surface area contributed by atoms with Crippen molar-refractivity contribution in [2.45, 2.75) is 19.1 Å². The van der Waals surface area contributed by atoms with E-state index < -0.39 is 22.9 Å². The van der Waals surface area contributed by atoms with E-state index in [1.807, 2.05) is 4.90 Å². The summed E-state index contributed by atoms with van der Waals surface area (Å²) in [5.41, 5.74) is -1.63. The van der Waals surface area contributed by atoms with E-state index in [9.17, 15) is 27.6 Å². The Labute approximate surface area is 157 Å². The van der Waals surface area contributed by atoms with Crippen molar-refractivity contribution in [1.82, 2.24) is 19.7 Å². The van der Waals surface area contributed by atoms with Crippen molar-refractivity contribution in [1.29, 1.82) is 0 Å². The van der Waals surface area contributed by atoms with Gasteiger partial charge in [-0.1, -0.05) is 0 Å². The number of rotatable bonds is 4. The Morgan fingerprint density at radius 2 is 1.79 bits per heavy atom. The van der Waals surface area contributed by atoms with E-state index in [-0.39, 0.29) is 18.9 Å². The van der Waals surface area contributed by atoms with Crippen LogP contribution in [0.5, 0.6) is 0 Å². The molecule has 1 fully saturated rings. The van der Waals surface area contributed by atoms with Gasteiger partial charge in [-0.25, -0.2) is 9.67 Å². The summed E-state index contributed by atoms with van der Waals surface area (Å²) >= 11 is 0. The number of aryl methyl sites for hydroxylation is 1. The molecular formula is C17H18F3N5O3. The van der Waals surface area contributed by atoms with Crippen LogP contribution in [-0.2, 0) is 17.5 Å². The lowest BCUT2D eigenvalue weighted by atomic mass is 10.2. The van der Waals surface area contributed by atoms with Crippen LogP contribution in [0.4, 0.5) is 19.0 Å². The number of carbonyl (C=O) groups excluding carboxylic acids is 1. The Bertz CT molecular complexity index is 944. The van der Waals surface area contributed by atoms with E-state index >= 15 is 0 Å². The zero-order chi connectivity index (χ0) is 20.3. The van der Waals surface area contributed by atoms with Crippen molar-refractivity contribution < 1.29 is 18.0 Å². The Morgan fingerprint density at radius 1 is 1.07 bits per heavy atom. The van der Waals surface area contributed by atoms with Gasteiger partial charge in [-0.05, 0) is 12.1 Å². The van der Waals surface area contributed by atoms with Crippen molar-refractivity contribution in [3.63, 3.8) is 0 Å². The topological polar surface area (TPSA) is 91.3 Å². The van der Waals surface area contributed by atoms with Crippen LogP contribution in [0.15, 0.2) is 40.1 Å². The molecule has 0 atom stereocenters. The number of halogens is 3. The van der Waals surface area contributed by atoms with Crippen LogP contribution in [-0.4, -0.2) is 51.8 Å². The minimum atomic E-state index is -4.43. The molecule has 2 aromatic rings. The van der Waals surface area contributed by atoms with Crippen molar-refractivity contribution >= 4 is 11.7 Å². The minimum absolute atomic E-state index is 0.0540. The van der Waals surface area contributed by atoms with Gasteiger partial charge in [0.25, 0.3) is 11.1 Å². The first-order valence-corrected chi connectivity index (χ1v) is 8.60. The second-order valence-corrected chi connectivity index (χ2v) is 6.32. The fourth-order valence-electron chi connectivity index (χ4n) is 2.92. The van der Waals surface area contributed by atoms with Gasteiger partial charge in [0.15, 0.2) is 0 Å². The van der Waals surface area contributed by atoms with E-state index in [1.54, 1.807) is 4.90 Å². The predicted molar refractivity (Wildman–Crippen MR) is 94.0 cm³/mol. The summed E-state index contributed by atoms with van der Waals surface area (Å²) in [5, 5.41) is 2.36. The van der Waals surface area contributed by atoms with Gasteiger partial charge in [-0.3, -0.25) is 19.5 Å². The fourth-order valence-corrected chi connectivity index (χ4v) is 2.92. The smallest absolute Gasteiger partial charge is 0.353 e. The number of alkyl halides is 3. The van der Waals surface area contributed by atoms with E-state index in [2.05, 4.69) is 10.1 Å². The first kappa shape index (κ1) is 19.6. The van der Waals surface area contributed by atoms with E-state index in [1.165, 1.54) is 6.07 Å². The number of aromatic amines is 1. The number of anilines is 1. The van der Waals surface area contributed by atoms with Gasteiger partial charge in [0.1, 0.15) is 5.82 Å². The van der Waals surface area contributed by atoms with Gasteiger partial charge >= 0.3 is 6.18 Å². The minimum Gasteiger partial charge on any atom is -0.353 e. The highest BCUT2D eigenvalue weighted by Crippen LogP contribution is 2.29. The number of hydrogen-bond donors (Lipinski definition) is 1. The van der Waals surface area contributed by atoms with Crippen molar-refractivity contribution in [2.75, 3.05) is 31.1 Å². The summed E-state index contributed by atoms with van der Waals surface area (Å²) in [6, 6.07) is 4.56. The Hall–Kier alpha value is -3.11. The van der Waals surface area contributed by atoms with Gasteiger partial charge in [-0.15, -0.1) is 0 Å². The number of hydrogen-bond acceptors (Lipinski definition) is 5. The predicted octanol–water partition coefficient (Wildman–Crippen LogP) is 0.689. The third kappa shape index (κ3) is 4.59. The molecule has 150 valence electrons. The van der Waals surface area contributed by atoms with Crippen LogP contribution in [0, 0.1) is 0 Å². The summed E-state index contributed by atoms with van der Waals surface area (Å²) in [4.78, 5) is 42.5. The normalized spacial score (nSPS) is 15.0. The number of carbonyl (C=O) groups is 1. The van der Waals surface area contributed by atoms with Gasteiger partial charge in [0, 0.05) is 50.9 Å². The molecule has 1 N–H and O–H groups in total. The third-order valence-corrected chi connectivity index (χ3v) is 4.47. The van der Waals surface area contributed by atoms with Gasteiger partial charge in [-0.2, -0.15) is 13.2 Å². The van der Waals surface area contributed by atoms with E-state index in [0.29, 0.717) is 32.0 Å². The average Bonchev–Trinajstić information content (AvgIpc) is 2.68. The molecule has 2 aromatic heterocycles. The molecular weight excluding hydrogens is 379 g/mol. The van der Waals surface area contributed by atoms with Crippen LogP contribution in [0.2, 0.25) is 0 Å². The van der Waals surface area contributed by atoms with Gasteiger partial charge in [0.2, 0.25) is 5.91 Å². The lowest BCUT2D eigenvalue weighted by Gasteiger charge is -2.35. The van der Waals surface area contributed by atoms with Crippen LogP contribution in [0.25, 0.3) is 0 Å². The molecule has 3 rings (SSSR count). The molecule has 1 amide bonds. The summed E-state index contributed by atoms with van der Waals surface area (Å²) in [7, 11) is 0. The van der Waals surface area contributed by atoms with Crippen molar-refractivity contribution in [3.05, 3.63) is 56.7 Å². The molecule has 0 aromatic carbocycles. The Balaban J connectivity index is 1.53. The SMILES string of the molecule is O=C(CCn1[nH]c(=O)ccc1=O)N1CCN(c2ccc(C(F)(F)F)cn2)CC1. The highest BCUT2D eigenvalue weighted by molar-refractivity contribution is 5.76. The Kier molecular flexibility index (Phi) is 5.52. The molecule has 1 aliphatic heterocycles. The monoisotopic (exact) mass is 397 g/mol.